The first-order chi connectivity index (χ1) is 5.84. The second-order valence-electron chi connectivity index (χ2n) is 2.30. The van der Waals surface area contributed by atoms with Crippen LogP contribution in [0.2, 0.25) is 0 Å². The first-order valence-corrected chi connectivity index (χ1v) is 3.56. The van der Waals surface area contributed by atoms with Crippen molar-refractivity contribution in [3.63, 3.8) is 0 Å². The van der Waals surface area contributed by atoms with Crippen molar-refractivity contribution in [3.05, 3.63) is 24.4 Å². The lowest BCUT2D eigenvalue weighted by Crippen LogP contribution is -2.00. The fraction of sp³-hybridized carbons (Fsp3) is 0.286. The molecule has 1 heterocycles. The van der Waals surface area contributed by atoms with Gasteiger partial charge in [0.1, 0.15) is 12.2 Å². The fourth-order valence-corrected chi connectivity index (χ4v) is 0.765. The Hall–Kier alpha value is -1.65. The molecule has 64 valence electrons. The van der Waals surface area contributed by atoms with E-state index in [1.807, 2.05) is 13.0 Å². The number of H-pyrrole nitrogens is 1. The Morgan fingerprint density at radius 1 is 1.75 bits per heavy atom. The zero-order chi connectivity index (χ0) is 8.81. The van der Waals surface area contributed by atoms with Gasteiger partial charge in [-0.2, -0.15) is 5.10 Å². The fourth-order valence-electron chi connectivity index (χ4n) is 0.765. The van der Waals surface area contributed by atoms with Crippen molar-refractivity contribution in [1.82, 2.24) is 20.5 Å². The van der Waals surface area contributed by atoms with Crippen molar-refractivity contribution in [2.75, 3.05) is 0 Å². The molecule has 0 saturated carbocycles. The summed E-state index contributed by atoms with van der Waals surface area (Å²) < 4.78 is 0. The number of allylic oxidation sites excluding steroid dienone is 1. The van der Waals surface area contributed by atoms with Gasteiger partial charge >= 0.3 is 0 Å². The number of carbonyl (C=O) groups is 1. The van der Waals surface area contributed by atoms with Gasteiger partial charge < -0.3 is 5.32 Å². The highest BCUT2D eigenvalue weighted by molar-refractivity contribution is 5.47. The second kappa shape index (κ2) is 4.27. The third-order valence-electron chi connectivity index (χ3n) is 1.41. The summed E-state index contributed by atoms with van der Waals surface area (Å²) >= 11 is 0. The predicted octanol–water partition coefficient (Wildman–Crippen LogP) is 0.168. The summed E-state index contributed by atoms with van der Waals surface area (Å²) in [5.74, 6) is 0.902. The number of aromatic nitrogens is 3. The van der Waals surface area contributed by atoms with E-state index in [2.05, 4.69) is 20.5 Å². The van der Waals surface area contributed by atoms with Gasteiger partial charge in [-0.3, -0.25) is 9.89 Å². The Kier molecular flexibility index (Phi) is 3.01. The van der Waals surface area contributed by atoms with Crippen molar-refractivity contribution < 1.29 is 4.79 Å². The van der Waals surface area contributed by atoms with E-state index in [4.69, 9.17) is 0 Å². The maximum atomic E-state index is 9.87. The highest BCUT2D eigenvalue weighted by Crippen LogP contribution is 2.08. The predicted molar refractivity (Wildman–Crippen MR) is 43.1 cm³/mol. The van der Waals surface area contributed by atoms with Crippen LogP contribution in [0.5, 0.6) is 0 Å². The minimum absolute atomic E-state index is 0.125. The minimum Gasteiger partial charge on any atom is -0.336 e. The molecule has 1 unspecified atom stereocenters. The first kappa shape index (κ1) is 8.45. The van der Waals surface area contributed by atoms with Crippen LogP contribution in [-0.2, 0) is 4.79 Å². The van der Waals surface area contributed by atoms with Crippen molar-refractivity contribution in [1.29, 1.82) is 0 Å². The zero-order valence-electron chi connectivity index (χ0n) is 6.69. The van der Waals surface area contributed by atoms with Gasteiger partial charge in [0.2, 0.25) is 6.41 Å². The molecule has 0 spiro atoms. The molecular weight excluding hydrogens is 156 g/mol. The van der Waals surface area contributed by atoms with E-state index in [1.54, 1.807) is 6.20 Å². The van der Waals surface area contributed by atoms with Crippen LogP contribution in [0, 0.1) is 0 Å². The van der Waals surface area contributed by atoms with Crippen molar-refractivity contribution in [2.45, 2.75) is 12.8 Å². The highest BCUT2D eigenvalue weighted by atomic mass is 16.1. The molecule has 0 aliphatic rings. The maximum absolute atomic E-state index is 9.87. The Bertz CT molecular complexity index is 254. The number of amides is 1. The van der Waals surface area contributed by atoms with Crippen LogP contribution in [0.3, 0.4) is 0 Å². The lowest BCUT2D eigenvalue weighted by molar-refractivity contribution is -0.108. The molecule has 5 heteroatoms. The van der Waals surface area contributed by atoms with Gasteiger partial charge in [0.25, 0.3) is 0 Å². The molecular formula is C7H10N4O. The Balaban J connectivity index is 2.49. The van der Waals surface area contributed by atoms with Gasteiger partial charge in [-0.1, -0.05) is 13.0 Å². The number of carbonyl (C=O) groups excluding carboxylic acids is 1. The average Bonchev–Trinajstić information content (AvgIpc) is 2.56. The molecule has 5 nitrogen and oxygen atoms in total. The smallest absolute Gasteiger partial charge is 0.211 e. The van der Waals surface area contributed by atoms with E-state index >= 15 is 0 Å². The van der Waals surface area contributed by atoms with E-state index in [9.17, 15) is 4.79 Å². The van der Waals surface area contributed by atoms with Crippen LogP contribution in [-0.4, -0.2) is 21.6 Å². The van der Waals surface area contributed by atoms with E-state index in [-0.39, 0.29) is 5.92 Å². The molecule has 1 rings (SSSR count). The molecule has 1 aromatic rings. The van der Waals surface area contributed by atoms with Crippen LogP contribution < -0.4 is 5.32 Å². The first-order valence-electron chi connectivity index (χ1n) is 3.56. The summed E-state index contributed by atoms with van der Waals surface area (Å²) in [6.07, 6.45) is 5.45. The standard InChI is InChI=1S/C7H10N4O/c1-6(2-3-8-5-12)7-9-4-10-11-7/h2-6H,1H3,(H,8,12)(H,9,10,11)/b3-2+. The number of nitrogens with zero attached hydrogens (tertiary/aromatic N) is 2. The minimum atomic E-state index is 0.125. The lowest BCUT2D eigenvalue weighted by Gasteiger charge is -1.98. The van der Waals surface area contributed by atoms with Gasteiger partial charge in [-0.05, 0) is 0 Å². The van der Waals surface area contributed by atoms with E-state index in [1.165, 1.54) is 6.33 Å². The average molecular weight is 166 g/mol. The maximum Gasteiger partial charge on any atom is 0.211 e. The Morgan fingerprint density at radius 2 is 2.58 bits per heavy atom. The molecule has 12 heavy (non-hydrogen) atoms. The van der Waals surface area contributed by atoms with Crippen LogP contribution in [0.4, 0.5) is 0 Å². The lowest BCUT2D eigenvalue weighted by atomic mass is 10.2. The third kappa shape index (κ3) is 2.19. The van der Waals surface area contributed by atoms with Crippen LogP contribution in [0.25, 0.3) is 0 Å². The van der Waals surface area contributed by atoms with Gasteiger partial charge in [-0.25, -0.2) is 4.98 Å². The molecule has 0 saturated heterocycles. The third-order valence-corrected chi connectivity index (χ3v) is 1.41. The van der Waals surface area contributed by atoms with Gasteiger partial charge in [-0.15, -0.1) is 0 Å². The van der Waals surface area contributed by atoms with Crippen molar-refractivity contribution in [3.8, 4) is 0 Å². The molecule has 0 aliphatic heterocycles. The largest absolute Gasteiger partial charge is 0.336 e. The van der Waals surface area contributed by atoms with E-state index in [0.717, 1.165) is 5.82 Å². The van der Waals surface area contributed by atoms with Crippen molar-refractivity contribution in [2.24, 2.45) is 0 Å². The number of hydrogen-bond acceptors (Lipinski definition) is 3. The molecule has 1 aromatic heterocycles. The van der Waals surface area contributed by atoms with E-state index in [0.29, 0.717) is 6.41 Å². The number of hydrogen-bond donors (Lipinski definition) is 2. The van der Waals surface area contributed by atoms with E-state index < -0.39 is 0 Å². The molecule has 0 aliphatic carbocycles. The monoisotopic (exact) mass is 166 g/mol. The quantitative estimate of drug-likeness (QED) is 0.626. The Morgan fingerprint density at radius 3 is 3.17 bits per heavy atom. The summed E-state index contributed by atoms with van der Waals surface area (Å²) in [6.45, 7) is 1.95. The molecule has 2 N–H and O–H groups in total. The summed E-state index contributed by atoms with van der Waals surface area (Å²) in [5.41, 5.74) is 0. The van der Waals surface area contributed by atoms with Gasteiger partial charge in [0.15, 0.2) is 0 Å². The highest BCUT2D eigenvalue weighted by Gasteiger charge is 2.02. The Labute approximate surface area is 69.9 Å². The SMILES string of the molecule is CC(/C=C/NC=O)c1ncn[nH]1. The number of rotatable bonds is 4. The second-order valence-corrected chi connectivity index (χ2v) is 2.30. The van der Waals surface area contributed by atoms with Gasteiger partial charge in [0, 0.05) is 12.1 Å². The molecule has 0 fully saturated rings. The van der Waals surface area contributed by atoms with Crippen LogP contribution >= 0.6 is 0 Å². The number of aromatic amines is 1. The summed E-state index contributed by atoms with van der Waals surface area (Å²) in [5, 5.41) is 8.86. The summed E-state index contributed by atoms with van der Waals surface area (Å²) in [6, 6.07) is 0. The summed E-state index contributed by atoms with van der Waals surface area (Å²) in [7, 11) is 0. The molecule has 0 bridgehead atoms. The zero-order valence-corrected chi connectivity index (χ0v) is 6.69. The summed E-state index contributed by atoms with van der Waals surface area (Å²) in [4.78, 5) is 13.8. The molecule has 0 radical (unpaired) electrons. The molecule has 1 amide bonds. The normalized spacial score (nSPS) is 13.1. The van der Waals surface area contributed by atoms with Crippen molar-refractivity contribution >= 4 is 6.41 Å². The number of nitrogens with one attached hydrogen (secondary N) is 2. The van der Waals surface area contributed by atoms with Gasteiger partial charge in [0.05, 0.1) is 0 Å². The topological polar surface area (TPSA) is 70.7 Å². The molecule has 0 aromatic carbocycles. The van der Waals surface area contributed by atoms with Crippen LogP contribution in [0.1, 0.15) is 18.7 Å². The molecule has 1 atom stereocenters. The van der Waals surface area contributed by atoms with Crippen LogP contribution in [0.15, 0.2) is 18.6 Å².